The lowest BCUT2D eigenvalue weighted by molar-refractivity contribution is 0.569. The van der Waals surface area contributed by atoms with Gasteiger partial charge in [0.05, 0.1) is 6.20 Å². The third-order valence-corrected chi connectivity index (χ3v) is 3.02. The Hall–Kier alpha value is -2.58. The fraction of sp³-hybridized carbons (Fsp3) is 0.500. The Bertz CT molecular complexity index is 687. The van der Waals surface area contributed by atoms with E-state index in [0.29, 0.717) is 19.6 Å². The van der Waals surface area contributed by atoms with E-state index in [1.165, 1.54) is 4.57 Å². The molecule has 0 aromatic carbocycles. The molecule has 114 valence electrons. The Balaban J connectivity index is 2.04. The van der Waals surface area contributed by atoms with Crippen LogP contribution in [0.4, 0.5) is 11.5 Å². The molecule has 0 aliphatic carbocycles. The van der Waals surface area contributed by atoms with E-state index < -0.39 is 11.2 Å². The van der Waals surface area contributed by atoms with Crippen LogP contribution in [0.2, 0.25) is 0 Å². The van der Waals surface area contributed by atoms with Crippen molar-refractivity contribution in [3.8, 4) is 0 Å². The quantitative estimate of drug-likeness (QED) is 0.598. The van der Waals surface area contributed by atoms with E-state index in [4.69, 9.17) is 5.73 Å². The van der Waals surface area contributed by atoms with Crippen LogP contribution in [0.5, 0.6) is 0 Å². The maximum atomic E-state index is 11.8. The number of aromatic amines is 1. The molecule has 2 aromatic rings. The Morgan fingerprint density at radius 3 is 2.86 bits per heavy atom. The molecule has 0 aliphatic heterocycles. The van der Waals surface area contributed by atoms with Crippen molar-refractivity contribution in [1.82, 2.24) is 24.5 Å². The van der Waals surface area contributed by atoms with E-state index in [9.17, 15) is 9.59 Å². The van der Waals surface area contributed by atoms with Crippen LogP contribution in [0, 0.1) is 0 Å². The first kappa shape index (κ1) is 14.8. The van der Waals surface area contributed by atoms with Crippen molar-refractivity contribution in [2.75, 3.05) is 17.6 Å². The van der Waals surface area contributed by atoms with Gasteiger partial charge in [-0.3, -0.25) is 19.0 Å². The average Bonchev–Trinajstić information content (AvgIpc) is 2.95. The molecule has 0 aliphatic rings. The first-order valence-corrected chi connectivity index (χ1v) is 6.84. The van der Waals surface area contributed by atoms with Crippen molar-refractivity contribution in [2.45, 2.75) is 32.9 Å². The van der Waals surface area contributed by atoms with Gasteiger partial charge < -0.3 is 11.1 Å². The highest BCUT2D eigenvalue weighted by Gasteiger charge is 2.11. The van der Waals surface area contributed by atoms with Gasteiger partial charge in [-0.1, -0.05) is 12.1 Å². The number of hydrogen-bond acceptors (Lipinski definition) is 6. The molecule has 4 N–H and O–H groups in total. The van der Waals surface area contributed by atoms with Gasteiger partial charge >= 0.3 is 5.69 Å². The molecule has 0 atom stereocenters. The zero-order valence-electron chi connectivity index (χ0n) is 11.9. The Morgan fingerprint density at radius 2 is 2.19 bits per heavy atom. The second kappa shape index (κ2) is 6.73. The zero-order chi connectivity index (χ0) is 15.2. The van der Waals surface area contributed by atoms with Crippen LogP contribution in [0.1, 0.15) is 19.8 Å². The molecule has 0 bridgehead atoms. The number of hydrogen-bond donors (Lipinski definition) is 3. The lowest BCUT2D eigenvalue weighted by atomic mass is 10.3. The van der Waals surface area contributed by atoms with E-state index >= 15 is 0 Å². The number of aromatic nitrogens is 5. The van der Waals surface area contributed by atoms with Gasteiger partial charge in [0.25, 0.3) is 5.56 Å². The van der Waals surface area contributed by atoms with Gasteiger partial charge in [-0.25, -0.2) is 4.79 Å². The molecule has 2 heterocycles. The summed E-state index contributed by atoms with van der Waals surface area (Å²) in [4.78, 5) is 25.7. The lowest BCUT2D eigenvalue weighted by Crippen LogP contribution is -2.34. The highest BCUT2D eigenvalue weighted by atomic mass is 16.2. The SMILES string of the molecule is CCCn1c(N)c(NCCCn2ccnn2)c(=O)[nH]c1=O. The molecule has 0 amide bonds. The summed E-state index contributed by atoms with van der Waals surface area (Å²) in [5, 5.41) is 10.5. The van der Waals surface area contributed by atoms with Crippen molar-refractivity contribution in [3.63, 3.8) is 0 Å². The van der Waals surface area contributed by atoms with Crippen LogP contribution >= 0.6 is 0 Å². The van der Waals surface area contributed by atoms with E-state index in [1.807, 2.05) is 6.92 Å². The number of aryl methyl sites for hydroxylation is 1. The second-order valence-electron chi connectivity index (χ2n) is 4.62. The minimum absolute atomic E-state index is 0.173. The van der Waals surface area contributed by atoms with Gasteiger partial charge in [0.15, 0.2) is 0 Å². The summed E-state index contributed by atoms with van der Waals surface area (Å²) in [6, 6.07) is 0. The van der Waals surface area contributed by atoms with Crippen molar-refractivity contribution < 1.29 is 0 Å². The average molecular weight is 293 g/mol. The van der Waals surface area contributed by atoms with Crippen molar-refractivity contribution in [3.05, 3.63) is 33.2 Å². The third kappa shape index (κ3) is 3.50. The molecule has 21 heavy (non-hydrogen) atoms. The lowest BCUT2D eigenvalue weighted by Gasteiger charge is -2.13. The van der Waals surface area contributed by atoms with Crippen LogP contribution in [0.15, 0.2) is 22.0 Å². The van der Waals surface area contributed by atoms with Gasteiger partial charge in [-0.15, -0.1) is 5.10 Å². The molecular weight excluding hydrogens is 274 g/mol. The van der Waals surface area contributed by atoms with Gasteiger partial charge in [0.2, 0.25) is 0 Å². The molecular formula is C12H19N7O2. The second-order valence-corrected chi connectivity index (χ2v) is 4.62. The molecule has 9 heteroatoms. The normalized spacial score (nSPS) is 10.7. The maximum absolute atomic E-state index is 11.8. The number of nitrogens with zero attached hydrogens (tertiary/aromatic N) is 4. The third-order valence-electron chi connectivity index (χ3n) is 3.02. The van der Waals surface area contributed by atoms with Crippen LogP contribution in [0.25, 0.3) is 0 Å². The largest absolute Gasteiger partial charge is 0.383 e. The van der Waals surface area contributed by atoms with E-state index in [2.05, 4.69) is 20.6 Å². The molecule has 0 radical (unpaired) electrons. The number of nitrogen functional groups attached to an aromatic ring is 1. The van der Waals surface area contributed by atoms with E-state index in [-0.39, 0.29) is 11.5 Å². The Morgan fingerprint density at radius 1 is 1.38 bits per heavy atom. The van der Waals surface area contributed by atoms with Crippen molar-refractivity contribution in [1.29, 1.82) is 0 Å². The number of nitrogens with two attached hydrogens (primary N) is 1. The monoisotopic (exact) mass is 293 g/mol. The fourth-order valence-corrected chi connectivity index (χ4v) is 2.01. The highest BCUT2D eigenvalue weighted by Crippen LogP contribution is 2.10. The molecule has 9 nitrogen and oxygen atoms in total. The summed E-state index contributed by atoms with van der Waals surface area (Å²) in [5.41, 5.74) is 5.16. The summed E-state index contributed by atoms with van der Waals surface area (Å²) >= 11 is 0. The Kier molecular flexibility index (Phi) is 4.75. The molecule has 0 fully saturated rings. The van der Waals surface area contributed by atoms with Crippen molar-refractivity contribution >= 4 is 11.5 Å². The first-order valence-electron chi connectivity index (χ1n) is 6.84. The summed E-state index contributed by atoms with van der Waals surface area (Å²) in [6.45, 7) is 3.62. The van der Waals surface area contributed by atoms with Crippen LogP contribution in [0.3, 0.4) is 0 Å². The van der Waals surface area contributed by atoms with E-state index in [0.717, 1.165) is 12.8 Å². The number of anilines is 2. The van der Waals surface area contributed by atoms with Crippen LogP contribution in [-0.4, -0.2) is 31.1 Å². The molecule has 0 spiro atoms. The minimum Gasteiger partial charge on any atom is -0.383 e. The van der Waals surface area contributed by atoms with Gasteiger partial charge in [-0.05, 0) is 12.8 Å². The van der Waals surface area contributed by atoms with Crippen molar-refractivity contribution in [2.24, 2.45) is 0 Å². The maximum Gasteiger partial charge on any atom is 0.330 e. The number of rotatable bonds is 7. The van der Waals surface area contributed by atoms with E-state index in [1.54, 1.807) is 17.1 Å². The fourth-order valence-electron chi connectivity index (χ4n) is 2.01. The predicted molar refractivity (Wildman–Crippen MR) is 79.2 cm³/mol. The minimum atomic E-state index is -0.495. The Labute approximate surface area is 120 Å². The number of nitrogens with one attached hydrogen (secondary N) is 2. The highest BCUT2D eigenvalue weighted by molar-refractivity contribution is 5.60. The van der Waals surface area contributed by atoms with Crippen LogP contribution < -0.4 is 22.3 Å². The van der Waals surface area contributed by atoms with Gasteiger partial charge in [0.1, 0.15) is 11.5 Å². The first-order chi connectivity index (χ1) is 10.1. The molecule has 0 saturated carbocycles. The topological polar surface area (TPSA) is 124 Å². The van der Waals surface area contributed by atoms with Gasteiger partial charge in [-0.2, -0.15) is 0 Å². The summed E-state index contributed by atoms with van der Waals surface area (Å²) in [6.07, 6.45) is 4.87. The molecule has 0 saturated heterocycles. The summed E-state index contributed by atoms with van der Waals surface area (Å²) in [5.74, 6) is 0.173. The predicted octanol–water partition coefficient (Wildman–Crippen LogP) is -0.377. The number of H-pyrrole nitrogens is 1. The smallest absolute Gasteiger partial charge is 0.330 e. The molecule has 2 aromatic heterocycles. The summed E-state index contributed by atoms with van der Waals surface area (Å²) in [7, 11) is 0. The van der Waals surface area contributed by atoms with Crippen LogP contribution in [-0.2, 0) is 13.1 Å². The zero-order valence-corrected chi connectivity index (χ0v) is 11.9. The standard InChI is InChI=1S/C12H19N7O2/c1-2-6-19-10(13)9(11(20)16-12(19)21)14-4-3-7-18-8-5-15-17-18/h5,8,14H,2-4,6-7,13H2,1H3,(H,16,20,21). The summed E-state index contributed by atoms with van der Waals surface area (Å²) < 4.78 is 3.06. The molecule has 0 unspecified atom stereocenters. The van der Waals surface area contributed by atoms with Gasteiger partial charge in [0, 0.05) is 25.8 Å². The molecule has 2 rings (SSSR count).